The molecule has 0 aliphatic heterocycles. The molecule has 0 heterocycles. The van der Waals surface area contributed by atoms with E-state index in [2.05, 4.69) is 12.8 Å². The second-order valence-electron chi connectivity index (χ2n) is 8.54. The van der Waals surface area contributed by atoms with Gasteiger partial charge in [0.25, 0.3) is 0 Å². The molecule has 0 spiro atoms. The number of hydrogen-bond donors (Lipinski definition) is 2. The van der Waals surface area contributed by atoms with Gasteiger partial charge in [-0.3, -0.25) is 4.79 Å². The van der Waals surface area contributed by atoms with E-state index in [1.807, 2.05) is 6.08 Å². The standard InChI is InChI=1S/C21H28O3/c1-3-20-12-18(23)19-15-8-6-14(22)11-13(15)5-7-16(19)17(20)9-10-21(20,24)4-2/h2,11,15-19,23-24H,3,5-10,12H2,1H3/t15?,16?,17?,18?,19?,20-,21-/m0/s1. The summed E-state index contributed by atoms with van der Waals surface area (Å²) in [6.07, 6.45) is 13.7. The molecule has 3 fully saturated rings. The Balaban J connectivity index is 1.72. The Bertz CT molecular complexity index is 629. The lowest BCUT2D eigenvalue weighted by atomic mass is 9.48. The minimum Gasteiger partial charge on any atom is -0.393 e. The lowest BCUT2D eigenvalue weighted by Crippen LogP contribution is -2.58. The van der Waals surface area contributed by atoms with Crippen LogP contribution in [-0.4, -0.2) is 27.7 Å². The van der Waals surface area contributed by atoms with Crippen molar-refractivity contribution in [3.05, 3.63) is 11.6 Å². The first-order valence-corrected chi connectivity index (χ1v) is 9.57. The van der Waals surface area contributed by atoms with Crippen molar-refractivity contribution in [2.45, 2.75) is 70.0 Å². The van der Waals surface area contributed by atoms with Crippen molar-refractivity contribution in [3.8, 4) is 12.3 Å². The number of allylic oxidation sites excluding steroid dienone is 1. The molecule has 0 aromatic carbocycles. The topological polar surface area (TPSA) is 57.5 Å². The number of ketones is 1. The highest BCUT2D eigenvalue weighted by Gasteiger charge is 2.65. The van der Waals surface area contributed by atoms with Gasteiger partial charge >= 0.3 is 0 Å². The SMILES string of the molecule is C#C[C@]1(O)CCC2C3CCC4=CC(=O)CCC4C3C(O)C[C@@]21CC. The molecule has 0 bridgehead atoms. The van der Waals surface area contributed by atoms with Gasteiger partial charge in [0.2, 0.25) is 0 Å². The molecule has 4 rings (SSSR count). The summed E-state index contributed by atoms with van der Waals surface area (Å²) in [6.45, 7) is 2.11. The maximum absolute atomic E-state index is 11.8. The van der Waals surface area contributed by atoms with Crippen LogP contribution in [0.25, 0.3) is 0 Å². The molecule has 0 saturated heterocycles. The molecule has 3 heteroatoms. The van der Waals surface area contributed by atoms with Crippen LogP contribution < -0.4 is 0 Å². The molecule has 7 atom stereocenters. The second-order valence-corrected chi connectivity index (χ2v) is 8.54. The van der Waals surface area contributed by atoms with E-state index in [-0.39, 0.29) is 17.1 Å². The first kappa shape index (κ1) is 16.4. The smallest absolute Gasteiger partial charge is 0.155 e. The van der Waals surface area contributed by atoms with E-state index in [4.69, 9.17) is 6.42 Å². The summed E-state index contributed by atoms with van der Waals surface area (Å²) in [6, 6.07) is 0. The Morgan fingerprint density at radius 2 is 2.12 bits per heavy atom. The quantitative estimate of drug-likeness (QED) is 0.728. The summed E-state index contributed by atoms with van der Waals surface area (Å²) in [5.41, 5.74) is -0.147. The van der Waals surface area contributed by atoms with Crippen molar-refractivity contribution < 1.29 is 15.0 Å². The summed E-state index contributed by atoms with van der Waals surface area (Å²) < 4.78 is 0. The van der Waals surface area contributed by atoms with Crippen molar-refractivity contribution in [2.24, 2.45) is 29.1 Å². The number of terminal acetylenes is 1. The molecule has 3 saturated carbocycles. The lowest BCUT2D eigenvalue weighted by Gasteiger charge is -2.57. The minimum atomic E-state index is -1.07. The number of hydrogen-bond acceptors (Lipinski definition) is 3. The van der Waals surface area contributed by atoms with Gasteiger partial charge in [-0.1, -0.05) is 18.4 Å². The molecule has 5 unspecified atom stereocenters. The Hall–Kier alpha value is -1.11. The van der Waals surface area contributed by atoms with E-state index in [1.165, 1.54) is 5.57 Å². The third-order valence-electron chi connectivity index (χ3n) is 8.00. The van der Waals surface area contributed by atoms with Crippen LogP contribution >= 0.6 is 0 Å². The highest BCUT2D eigenvalue weighted by atomic mass is 16.3. The van der Waals surface area contributed by atoms with E-state index in [0.717, 1.165) is 32.1 Å². The van der Waals surface area contributed by atoms with E-state index in [9.17, 15) is 15.0 Å². The fourth-order valence-corrected chi connectivity index (χ4v) is 6.98. The summed E-state index contributed by atoms with van der Waals surface area (Å²) in [5, 5.41) is 22.2. The van der Waals surface area contributed by atoms with Crippen LogP contribution in [0, 0.1) is 41.4 Å². The third kappa shape index (κ3) is 1.96. The van der Waals surface area contributed by atoms with Crippen LogP contribution in [0.3, 0.4) is 0 Å². The van der Waals surface area contributed by atoms with Gasteiger partial charge in [-0.25, -0.2) is 0 Å². The molecule has 4 aliphatic rings. The zero-order valence-electron chi connectivity index (χ0n) is 14.5. The van der Waals surface area contributed by atoms with Crippen molar-refractivity contribution in [1.82, 2.24) is 0 Å². The van der Waals surface area contributed by atoms with Crippen LogP contribution in [0.5, 0.6) is 0 Å². The Morgan fingerprint density at radius 3 is 2.83 bits per heavy atom. The summed E-state index contributed by atoms with van der Waals surface area (Å²) in [4.78, 5) is 11.8. The van der Waals surface area contributed by atoms with Gasteiger partial charge in [-0.2, -0.15) is 0 Å². The first-order chi connectivity index (χ1) is 11.5. The molecule has 0 radical (unpaired) electrons. The fourth-order valence-electron chi connectivity index (χ4n) is 6.98. The lowest BCUT2D eigenvalue weighted by molar-refractivity contribution is -0.149. The van der Waals surface area contributed by atoms with Crippen LogP contribution in [0.2, 0.25) is 0 Å². The van der Waals surface area contributed by atoms with Gasteiger partial charge in [-0.15, -0.1) is 6.42 Å². The van der Waals surface area contributed by atoms with Crippen LogP contribution in [0.4, 0.5) is 0 Å². The van der Waals surface area contributed by atoms with Gasteiger partial charge in [0.05, 0.1) is 6.10 Å². The van der Waals surface area contributed by atoms with Gasteiger partial charge in [0.15, 0.2) is 5.78 Å². The van der Waals surface area contributed by atoms with Crippen molar-refractivity contribution in [2.75, 3.05) is 0 Å². The maximum atomic E-state index is 11.8. The van der Waals surface area contributed by atoms with Gasteiger partial charge in [-0.05, 0) is 74.7 Å². The van der Waals surface area contributed by atoms with Gasteiger partial charge in [0, 0.05) is 11.8 Å². The monoisotopic (exact) mass is 328 g/mol. The van der Waals surface area contributed by atoms with Crippen LogP contribution in [-0.2, 0) is 4.79 Å². The number of carbonyl (C=O) groups excluding carboxylic acids is 1. The summed E-state index contributed by atoms with van der Waals surface area (Å²) in [5.74, 6) is 4.36. The van der Waals surface area contributed by atoms with Crippen molar-refractivity contribution in [3.63, 3.8) is 0 Å². The predicted molar refractivity (Wildman–Crippen MR) is 91.9 cm³/mol. The largest absolute Gasteiger partial charge is 0.393 e. The molecule has 0 amide bonds. The molecular weight excluding hydrogens is 300 g/mol. The predicted octanol–water partition coefficient (Wildman–Crippen LogP) is 2.85. The Labute approximate surface area is 144 Å². The number of rotatable bonds is 1. The maximum Gasteiger partial charge on any atom is 0.155 e. The molecule has 2 N–H and O–H groups in total. The van der Waals surface area contributed by atoms with E-state index < -0.39 is 11.7 Å². The highest BCUT2D eigenvalue weighted by Crippen LogP contribution is 2.66. The molecule has 0 aromatic rings. The third-order valence-corrected chi connectivity index (χ3v) is 8.00. The molecule has 0 aromatic heterocycles. The summed E-state index contributed by atoms with van der Waals surface area (Å²) in [7, 11) is 0. The zero-order valence-corrected chi connectivity index (χ0v) is 14.5. The number of fused-ring (bicyclic) bond motifs is 5. The Morgan fingerprint density at radius 1 is 1.33 bits per heavy atom. The zero-order chi connectivity index (χ0) is 17.1. The highest BCUT2D eigenvalue weighted by molar-refractivity contribution is 5.91. The Kier molecular flexibility index (Phi) is 3.71. The fraction of sp³-hybridized carbons (Fsp3) is 0.762. The number of carbonyl (C=O) groups is 1. The molecular formula is C21H28O3. The van der Waals surface area contributed by atoms with Crippen molar-refractivity contribution in [1.29, 1.82) is 0 Å². The van der Waals surface area contributed by atoms with Crippen LogP contribution in [0.1, 0.15) is 58.3 Å². The van der Waals surface area contributed by atoms with E-state index >= 15 is 0 Å². The second kappa shape index (κ2) is 5.44. The first-order valence-electron chi connectivity index (χ1n) is 9.57. The average molecular weight is 328 g/mol. The molecule has 130 valence electrons. The molecule has 24 heavy (non-hydrogen) atoms. The molecule has 3 nitrogen and oxygen atoms in total. The van der Waals surface area contributed by atoms with Crippen molar-refractivity contribution >= 4 is 5.78 Å². The number of aliphatic hydroxyl groups excluding tert-OH is 1. The normalized spacial score (nSPS) is 50.3. The average Bonchev–Trinajstić information content (AvgIpc) is 2.88. The summed E-state index contributed by atoms with van der Waals surface area (Å²) >= 11 is 0. The van der Waals surface area contributed by atoms with Gasteiger partial charge in [0.1, 0.15) is 5.60 Å². The van der Waals surface area contributed by atoms with Gasteiger partial charge < -0.3 is 10.2 Å². The van der Waals surface area contributed by atoms with E-state index in [1.54, 1.807) is 0 Å². The molecule has 4 aliphatic carbocycles. The van der Waals surface area contributed by atoms with E-state index in [0.29, 0.717) is 37.0 Å². The minimum absolute atomic E-state index is 0.239. The number of aliphatic hydroxyl groups is 2. The van der Waals surface area contributed by atoms with Crippen LogP contribution in [0.15, 0.2) is 11.6 Å².